The number of fused-ring (bicyclic) bond motifs is 1. The van der Waals surface area contributed by atoms with Crippen molar-refractivity contribution in [3.63, 3.8) is 0 Å². The molecule has 0 bridgehead atoms. The van der Waals surface area contributed by atoms with E-state index in [9.17, 15) is 0 Å². The van der Waals surface area contributed by atoms with Crippen LogP contribution in [0.25, 0.3) is 22.2 Å². The molecule has 28 heavy (non-hydrogen) atoms. The Morgan fingerprint density at radius 2 is 1.64 bits per heavy atom. The summed E-state index contributed by atoms with van der Waals surface area (Å²) in [7, 11) is 0. The number of aryl methyl sites for hydroxylation is 3. The Morgan fingerprint density at radius 1 is 0.964 bits per heavy atom. The third kappa shape index (κ3) is 4.46. The van der Waals surface area contributed by atoms with Crippen molar-refractivity contribution in [2.45, 2.75) is 47.5 Å². The van der Waals surface area contributed by atoms with Crippen LogP contribution in [0.1, 0.15) is 49.2 Å². The zero-order valence-corrected chi connectivity index (χ0v) is 17.7. The highest BCUT2D eigenvalue weighted by Gasteiger charge is 2.12. The molecule has 0 amide bonds. The van der Waals surface area contributed by atoms with Crippen LogP contribution in [-0.4, -0.2) is 23.1 Å². The van der Waals surface area contributed by atoms with Gasteiger partial charge in [-0.2, -0.15) is 0 Å². The molecule has 0 aliphatic carbocycles. The summed E-state index contributed by atoms with van der Waals surface area (Å²) in [5.74, 6) is 7.37. The van der Waals surface area contributed by atoms with E-state index < -0.39 is 0 Å². The van der Waals surface area contributed by atoms with Gasteiger partial charge in [-0.3, -0.25) is 4.98 Å². The van der Waals surface area contributed by atoms with Crippen LogP contribution < -0.4 is 5.32 Å². The Hall–Kier alpha value is -2.57. The highest BCUT2D eigenvalue weighted by atomic mass is 14.9. The summed E-state index contributed by atoms with van der Waals surface area (Å²) in [6.45, 7) is 12.4. The first-order valence-corrected chi connectivity index (χ1v) is 10.4. The third-order valence-corrected chi connectivity index (χ3v) is 5.19. The van der Waals surface area contributed by atoms with Crippen molar-refractivity contribution in [1.82, 2.24) is 15.3 Å². The molecule has 0 atom stereocenters. The second-order valence-electron chi connectivity index (χ2n) is 7.32. The van der Waals surface area contributed by atoms with Crippen LogP contribution in [0.2, 0.25) is 0 Å². The van der Waals surface area contributed by atoms with Gasteiger partial charge in [-0.1, -0.05) is 31.8 Å². The van der Waals surface area contributed by atoms with Crippen molar-refractivity contribution >= 4 is 10.9 Å². The van der Waals surface area contributed by atoms with Crippen LogP contribution in [0.3, 0.4) is 0 Å². The number of hydrogen-bond acceptors (Lipinski definition) is 2. The van der Waals surface area contributed by atoms with Gasteiger partial charge in [0, 0.05) is 45.0 Å². The third-order valence-electron chi connectivity index (χ3n) is 5.19. The predicted octanol–water partition coefficient (Wildman–Crippen LogP) is 5.53. The number of nitrogens with one attached hydrogen (secondary N) is 2. The molecule has 1 saturated heterocycles. The normalized spacial score (nSPS) is 14.2. The van der Waals surface area contributed by atoms with Crippen molar-refractivity contribution in [3.8, 4) is 23.1 Å². The summed E-state index contributed by atoms with van der Waals surface area (Å²) in [5, 5.41) is 4.66. The monoisotopic (exact) mass is 373 g/mol. The zero-order chi connectivity index (χ0) is 20.1. The number of pyridine rings is 1. The Balaban J connectivity index is 0.00000109. The van der Waals surface area contributed by atoms with Crippen molar-refractivity contribution in [1.29, 1.82) is 0 Å². The Labute approximate surface area is 169 Å². The lowest BCUT2D eigenvalue weighted by Crippen LogP contribution is -2.26. The van der Waals surface area contributed by atoms with E-state index in [4.69, 9.17) is 0 Å². The van der Waals surface area contributed by atoms with Crippen LogP contribution in [-0.2, 0) is 0 Å². The number of nitrogens with zero attached hydrogens (tertiary/aromatic N) is 1. The van der Waals surface area contributed by atoms with Gasteiger partial charge in [0.05, 0.1) is 0 Å². The van der Waals surface area contributed by atoms with Crippen molar-refractivity contribution < 1.29 is 0 Å². The van der Waals surface area contributed by atoms with Gasteiger partial charge in [-0.15, -0.1) is 0 Å². The van der Waals surface area contributed by atoms with Gasteiger partial charge in [0.25, 0.3) is 0 Å². The fraction of sp³-hybridized carbons (Fsp3) is 0.400. The van der Waals surface area contributed by atoms with E-state index in [1.54, 1.807) is 0 Å². The number of piperidine rings is 1. The molecule has 146 valence electrons. The van der Waals surface area contributed by atoms with Gasteiger partial charge in [-0.05, 0) is 76.5 Å². The smallest absolute Gasteiger partial charge is 0.0495 e. The van der Waals surface area contributed by atoms with Gasteiger partial charge in [0.1, 0.15) is 0 Å². The number of hydrogen-bond donors (Lipinski definition) is 2. The first kappa shape index (κ1) is 20.2. The zero-order valence-electron chi connectivity index (χ0n) is 17.7. The molecule has 0 saturated carbocycles. The lowest BCUT2D eigenvalue weighted by molar-refractivity contribution is 0.447. The first-order chi connectivity index (χ1) is 13.6. The molecular formula is C25H31N3. The molecule has 2 aromatic heterocycles. The maximum absolute atomic E-state index is 4.49. The van der Waals surface area contributed by atoms with Crippen LogP contribution in [0.4, 0.5) is 0 Å². The summed E-state index contributed by atoms with van der Waals surface area (Å²) in [5.41, 5.74) is 8.00. The topological polar surface area (TPSA) is 40.7 Å². The number of aromatic nitrogens is 2. The fourth-order valence-corrected chi connectivity index (χ4v) is 3.83. The maximum atomic E-state index is 4.49. The summed E-state index contributed by atoms with van der Waals surface area (Å²) in [4.78, 5) is 8.10. The Bertz CT molecular complexity index is 991. The summed E-state index contributed by atoms with van der Waals surface area (Å²) >= 11 is 0. The van der Waals surface area contributed by atoms with Crippen LogP contribution in [0.15, 0.2) is 30.3 Å². The van der Waals surface area contributed by atoms with Gasteiger partial charge < -0.3 is 10.3 Å². The van der Waals surface area contributed by atoms with Gasteiger partial charge in [-0.25, -0.2) is 0 Å². The van der Waals surface area contributed by atoms with Gasteiger partial charge in [0.2, 0.25) is 0 Å². The SMILES string of the molecule is CC.Cc1cc(-c2[nH]c3cc(C#CC4CCNCC4)ccc3c2C)cc(C)n1. The predicted molar refractivity (Wildman–Crippen MR) is 120 cm³/mol. The Kier molecular flexibility index (Phi) is 6.54. The minimum Gasteiger partial charge on any atom is -0.354 e. The molecule has 3 heteroatoms. The van der Waals surface area contributed by atoms with E-state index in [-0.39, 0.29) is 0 Å². The van der Waals surface area contributed by atoms with E-state index in [1.807, 2.05) is 27.7 Å². The summed E-state index contributed by atoms with van der Waals surface area (Å²) in [6.07, 6.45) is 2.31. The van der Waals surface area contributed by atoms with Gasteiger partial charge >= 0.3 is 0 Å². The Morgan fingerprint density at radius 3 is 2.32 bits per heavy atom. The lowest BCUT2D eigenvalue weighted by atomic mass is 9.98. The highest BCUT2D eigenvalue weighted by Crippen LogP contribution is 2.30. The first-order valence-electron chi connectivity index (χ1n) is 10.4. The van der Waals surface area contributed by atoms with E-state index >= 15 is 0 Å². The number of aromatic amines is 1. The van der Waals surface area contributed by atoms with Crippen LogP contribution >= 0.6 is 0 Å². The molecule has 4 rings (SSSR count). The molecule has 0 unspecified atom stereocenters. The second-order valence-corrected chi connectivity index (χ2v) is 7.32. The molecule has 1 aliphatic rings. The number of H-pyrrole nitrogens is 1. The highest BCUT2D eigenvalue weighted by molar-refractivity contribution is 5.91. The van der Waals surface area contributed by atoms with Crippen molar-refractivity contribution in [3.05, 3.63) is 52.8 Å². The number of rotatable bonds is 1. The largest absolute Gasteiger partial charge is 0.354 e. The molecule has 1 aliphatic heterocycles. The number of benzene rings is 1. The van der Waals surface area contributed by atoms with E-state index in [1.165, 1.54) is 22.2 Å². The maximum Gasteiger partial charge on any atom is 0.0495 e. The molecule has 3 heterocycles. The molecule has 0 spiro atoms. The van der Waals surface area contributed by atoms with Crippen LogP contribution in [0, 0.1) is 38.5 Å². The molecule has 1 aromatic carbocycles. The minimum atomic E-state index is 0.524. The van der Waals surface area contributed by atoms with Gasteiger partial charge in [0.15, 0.2) is 0 Å². The van der Waals surface area contributed by atoms with E-state index in [2.05, 4.69) is 64.4 Å². The lowest BCUT2D eigenvalue weighted by Gasteiger charge is -2.17. The van der Waals surface area contributed by atoms with E-state index in [0.717, 1.165) is 48.4 Å². The molecule has 3 aromatic rings. The molecule has 3 nitrogen and oxygen atoms in total. The molecule has 2 N–H and O–H groups in total. The summed E-state index contributed by atoms with van der Waals surface area (Å²) in [6, 6.07) is 10.8. The average Bonchev–Trinajstić information content (AvgIpc) is 3.04. The summed E-state index contributed by atoms with van der Waals surface area (Å²) < 4.78 is 0. The van der Waals surface area contributed by atoms with Crippen molar-refractivity contribution in [2.24, 2.45) is 5.92 Å². The molecule has 0 radical (unpaired) electrons. The quantitative estimate of drug-likeness (QED) is 0.550. The standard InChI is InChI=1S/C23H25N3.C2H6/c1-15-12-20(13-16(2)25-15)23-17(3)21-7-6-19(14-22(21)26-23)5-4-18-8-10-24-11-9-18;1-2/h6-7,12-14,18,24,26H,8-11H2,1-3H3;1-2H3. The second kappa shape index (κ2) is 9.08. The van der Waals surface area contributed by atoms with Crippen LogP contribution in [0.5, 0.6) is 0 Å². The molecular weight excluding hydrogens is 342 g/mol. The fourth-order valence-electron chi connectivity index (χ4n) is 3.83. The van der Waals surface area contributed by atoms with Crippen molar-refractivity contribution in [2.75, 3.05) is 13.1 Å². The van der Waals surface area contributed by atoms with E-state index in [0.29, 0.717) is 5.92 Å². The molecule has 1 fully saturated rings. The minimum absolute atomic E-state index is 0.524. The average molecular weight is 374 g/mol.